The zero-order valence-electron chi connectivity index (χ0n) is 29.0. The Morgan fingerprint density at radius 3 is 2.57 bits per heavy atom. The summed E-state index contributed by atoms with van der Waals surface area (Å²) in [4.78, 5) is 59.3. The summed E-state index contributed by atoms with van der Waals surface area (Å²) in [5.41, 5.74) is 0.692. The summed E-state index contributed by atoms with van der Waals surface area (Å²) in [7, 11) is 0. The van der Waals surface area contributed by atoms with Gasteiger partial charge in [-0.1, -0.05) is 95.0 Å². The fourth-order valence-corrected chi connectivity index (χ4v) is 9.11. The van der Waals surface area contributed by atoms with Crippen molar-refractivity contribution in [3.8, 4) is 0 Å². The van der Waals surface area contributed by atoms with E-state index in [1.54, 1.807) is 28.0 Å². The third-order valence-corrected chi connectivity index (χ3v) is 11.3. The van der Waals surface area contributed by atoms with E-state index in [-0.39, 0.29) is 55.2 Å². The first-order valence-electron chi connectivity index (χ1n) is 17.6. The van der Waals surface area contributed by atoms with Gasteiger partial charge in [-0.25, -0.2) is 0 Å². The molecule has 0 radical (unpaired) electrons. The van der Waals surface area contributed by atoms with Gasteiger partial charge in [0.05, 0.1) is 35.2 Å². The number of aliphatic hydroxyl groups excluding tert-OH is 1. The molecule has 3 saturated heterocycles. The molecule has 51 heavy (non-hydrogen) atoms. The van der Waals surface area contributed by atoms with Crippen LogP contribution in [-0.4, -0.2) is 82.5 Å². The largest absolute Gasteiger partial charge is 0.455 e. The van der Waals surface area contributed by atoms with E-state index in [0.717, 1.165) is 18.4 Å². The number of anilines is 1. The van der Waals surface area contributed by atoms with Gasteiger partial charge in [-0.05, 0) is 49.8 Å². The maximum Gasteiger partial charge on any atom is 0.313 e. The number of carbonyl (C=O) groups is 4. The highest BCUT2D eigenvalue weighted by molar-refractivity contribution is 9.09. The Morgan fingerprint density at radius 1 is 1.14 bits per heavy atom. The minimum absolute atomic E-state index is 0.0419. The number of carbonyl (C=O) groups excluding carboxylic acids is 4. The van der Waals surface area contributed by atoms with Crippen molar-refractivity contribution in [2.45, 2.75) is 80.5 Å². The average Bonchev–Trinajstić information content (AvgIpc) is 3.71. The molecule has 274 valence electrons. The molecule has 3 aliphatic heterocycles. The number of unbranched alkanes of at least 4 members (excludes halogenated alkanes) is 3. The van der Waals surface area contributed by atoms with Crippen LogP contribution >= 0.6 is 27.5 Å². The Balaban J connectivity index is 1.49. The molecule has 1 spiro atoms. The highest BCUT2D eigenvalue weighted by atomic mass is 79.9. The van der Waals surface area contributed by atoms with Gasteiger partial charge in [0.25, 0.3) is 5.91 Å². The fourth-order valence-electron chi connectivity index (χ4n) is 7.84. The molecule has 3 amide bonds. The molecule has 2 N–H and O–H groups in total. The number of ether oxygens (including phenoxy) is 2. The molecule has 0 saturated carbocycles. The SMILES string of the molecule is C=CCCC(=O)NC[C@H](OC(=O)[C@@H]1[C@H]2O[C@@]3(CC2Br)[C@H](C(=O)N(CC=C)c2c(C)cccc2Cl)N(CCCCCCO)C(=O)[C@@H]13)c1ccccc1. The smallest absolute Gasteiger partial charge is 0.313 e. The number of nitrogens with zero attached hydrogens (tertiary/aromatic N) is 2. The van der Waals surface area contributed by atoms with Crippen molar-refractivity contribution in [2.75, 3.05) is 31.1 Å². The number of amides is 3. The first-order valence-corrected chi connectivity index (χ1v) is 18.9. The van der Waals surface area contributed by atoms with E-state index in [0.29, 0.717) is 42.0 Å². The number of rotatable bonds is 18. The van der Waals surface area contributed by atoms with Crippen molar-refractivity contribution in [1.29, 1.82) is 0 Å². The molecule has 7 atom stereocenters. The molecule has 2 aromatic carbocycles. The van der Waals surface area contributed by atoms with E-state index in [1.165, 1.54) is 0 Å². The Morgan fingerprint density at radius 2 is 1.88 bits per heavy atom. The number of nitrogens with one attached hydrogen (secondary N) is 1. The molecule has 3 fully saturated rings. The van der Waals surface area contributed by atoms with Crippen LogP contribution in [0.3, 0.4) is 0 Å². The Labute approximate surface area is 313 Å². The zero-order chi connectivity index (χ0) is 36.7. The number of likely N-dealkylation sites (tertiary alicyclic amines) is 1. The lowest BCUT2D eigenvalue weighted by atomic mass is 9.70. The third-order valence-electron chi connectivity index (χ3n) is 10.1. The Hall–Kier alpha value is -3.51. The molecule has 3 aliphatic rings. The molecule has 1 unspecified atom stereocenters. The maximum atomic E-state index is 15.0. The number of aryl methyl sites for hydroxylation is 1. The van der Waals surface area contributed by atoms with E-state index in [2.05, 4.69) is 34.4 Å². The number of aliphatic hydroxyl groups is 1. The summed E-state index contributed by atoms with van der Waals surface area (Å²) in [6, 6.07) is 13.5. The van der Waals surface area contributed by atoms with Gasteiger partial charge in [0.1, 0.15) is 17.7 Å². The molecule has 5 rings (SSSR count). The summed E-state index contributed by atoms with van der Waals surface area (Å²) in [6.07, 6.45) is 5.60. The predicted molar refractivity (Wildman–Crippen MR) is 199 cm³/mol. The van der Waals surface area contributed by atoms with Gasteiger partial charge in [-0.2, -0.15) is 0 Å². The summed E-state index contributed by atoms with van der Waals surface area (Å²) in [6.45, 7) is 9.96. The lowest BCUT2D eigenvalue weighted by molar-refractivity contribution is -0.160. The monoisotopic (exact) mass is 783 g/mol. The molecule has 2 bridgehead atoms. The van der Waals surface area contributed by atoms with Crippen LogP contribution in [0.1, 0.15) is 62.2 Å². The number of allylic oxidation sites excluding steroid dienone is 1. The first kappa shape index (κ1) is 38.7. The minimum atomic E-state index is -1.31. The van der Waals surface area contributed by atoms with Gasteiger partial charge in [0.2, 0.25) is 11.8 Å². The topological polar surface area (TPSA) is 125 Å². The normalized spacial score (nSPS) is 25.3. The Kier molecular flexibility index (Phi) is 13.2. The highest BCUT2D eigenvalue weighted by Gasteiger charge is 2.77. The second kappa shape index (κ2) is 17.3. The number of esters is 1. The van der Waals surface area contributed by atoms with Crippen LogP contribution in [0.5, 0.6) is 0 Å². The number of para-hydroxylation sites is 1. The number of benzene rings is 2. The molecule has 12 heteroatoms. The van der Waals surface area contributed by atoms with Crippen molar-refractivity contribution in [3.05, 3.63) is 90.0 Å². The first-order chi connectivity index (χ1) is 24.6. The van der Waals surface area contributed by atoms with Crippen molar-refractivity contribution in [3.63, 3.8) is 0 Å². The van der Waals surface area contributed by atoms with Crippen molar-refractivity contribution in [2.24, 2.45) is 11.8 Å². The van der Waals surface area contributed by atoms with E-state index in [1.807, 2.05) is 49.4 Å². The summed E-state index contributed by atoms with van der Waals surface area (Å²) < 4.78 is 12.9. The summed E-state index contributed by atoms with van der Waals surface area (Å²) >= 11 is 10.4. The summed E-state index contributed by atoms with van der Waals surface area (Å²) in [5.74, 6) is -3.48. The van der Waals surface area contributed by atoms with Gasteiger partial charge < -0.3 is 29.7 Å². The van der Waals surface area contributed by atoms with Crippen molar-refractivity contribution >= 4 is 56.9 Å². The lowest BCUT2D eigenvalue weighted by Gasteiger charge is -2.37. The average molecular weight is 785 g/mol. The van der Waals surface area contributed by atoms with Gasteiger partial charge in [0, 0.05) is 30.9 Å². The molecule has 10 nitrogen and oxygen atoms in total. The molecular weight excluding hydrogens is 738 g/mol. The standard InChI is InChI=1S/C39H47BrClN3O7/c1-4-6-19-30(46)42-24-29(26-16-10-9-11-17-26)50-38(49)31-32-36(47)44(21-12-7-8-13-22-45)35(39(32)23-27(40)34(31)51-39)37(48)43(20-5-2)33-25(3)15-14-18-28(33)41/h4-5,9-11,14-18,27,29,31-32,34-35,45H,1-2,6-8,12-13,19-24H2,3H3,(H,42,46)/t27?,29-,31-,32+,34-,35-,39+/m0/s1. The van der Waals surface area contributed by atoms with E-state index in [9.17, 15) is 24.3 Å². The van der Waals surface area contributed by atoms with Gasteiger partial charge in [0.15, 0.2) is 0 Å². The fraction of sp³-hybridized carbons (Fsp3) is 0.487. The van der Waals surface area contributed by atoms with Gasteiger partial charge in [-0.15, -0.1) is 13.2 Å². The van der Waals surface area contributed by atoms with Crippen molar-refractivity contribution < 1.29 is 33.8 Å². The second-order valence-corrected chi connectivity index (χ2v) is 15.0. The van der Waals surface area contributed by atoms with Gasteiger partial charge in [-0.3, -0.25) is 19.2 Å². The van der Waals surface area contributed by atoms with Crippen LogP contribution in [0, 0.1) is 18.8 Å². The number of alkyl halides is 1. The Bertz CT molecular complexity index is 1590. The van der Waals surface area contributed by atoms with E-state index < -0.39 is 41.7 Å². The third kappa shape index (κ3) is 7.96. The molecule has 0 aromatic heterocycles. The molecular formula is C39H47BrClN3O7. The van der Waals surface area contributed by atoms with E-state index in [4.69, 9.17) is 21.1 Å². The van der Waals surface area contributed by atoms with Crippen LogP contribution in [0.4, 0.5) is 5.69 Å². The zero-order valence-corrected chi connectivity index (χ0v) is 31.3. The summed E-state index contributed by atoms with van der Waals surface area (Å²) in [5, 5.41) is 12.5. The molecule has 2 aromatic rings. The van der Waals surface area contributed by atoms with Crippen LogP contribution in [-0.2, 0) is 28.7 Å². The maximum absolute atomic E-state index is 15.0. The van der Waals surface area contributed by atoms with Gasteiger partial charge >= 0.3 is 5.97 Å². The number of hydrogen-bond acceptors (Lipinski definition) is 7. The van der Waals surface area contributed by atoms with Crippen LogP contribution in [0.15, 0.2) is 73.8 Å². The predicted octanol–water partition coefficient (Wildman–Crippen LogP) is 5.84. The second-order valence-electron chi connectivity index (χ2n) is 13.4. The number of hydrogen-bond donors (Lipinski definition) is 2. The molecule has 3 heterocycles. The van der Waals surface area contributed by atoms with E-state index >= 15 is 0 Å². The minimum Gasteiger partial charge on any atom is -0.455 e. The lowest BCUT2D eigenvalue weighted by Crippen LogP contribution is -2.57. The van der Waals surface area contributed by atoms with Crippen molar-refractivity contribution in [1.82, 2.24) is 10.2 Å². The quantitative estimate of drug-likeness (QED) is 0.0844. The number of halogens is 2. The highest BCUT2D eigenvalue weighted by Crippen LogP contribution is 2.60. The van der Waals surface area contributed by atoms with Crippen LogP contribution in [0.2, 0.25) is 5.02 Å². The number of fused-ring (bicyclic) bond motifs is 1. The molecule has 0 aliphatic carbocycles. The van der Waals surface area contributed by atoms with Crippen LogP contribution in [0.25, 0.3) is 0 Å². The van der Waals surface area contributed by atoms with Crippen LogP contribution < -0.4 is 10.2 Å².